The first-order valence-corrected chi connectivity index (χ1v) is 8.04. The second kappa shape index (κ2) is 7.77. The molecule has 0 spiro atoms. The van der Waals surface area contributed by atoms with Gasteiger partial charge in [-0.2, -0.15) is 0 Å². The van der Waals surface area contributed by atoms with Crippen molar-refractivity contribution < 1.29 is 9.59 Å². The number of carbonyl (C=O) groups excluding carboxylic acids is 2. The summed E-state index contributed by atoms with van der Waals surface area (Å²) in [6.07, 6.45) is 0. The molecular weight excluding hydrogens is 300 g/mol. The zero-order chi connectivity index (χ0) is 17.7. The number of aryl methyl sites for hydroxylation is 3. The third-order valence-electron chi connectivity index (χ3n) is 3.94. The number of nitrogens with zero attached hydrogens (tertiary/aromatic N) is 1. The summed E-state index contributed by atoms with van der Waals surface area (Å²) in [6.45, 7) is 7.93. The Hall–Kier alpha value is -2.62. The Labute approximate surface area is 143 Å². The van der Waals surface area contributed by atoms with Gasteiger partial charge in [0.15, 0.2) is 0 Å². The molecule has 4 nitrogen and oxygen atoms in total. The standard InChI is InChI=1S/C20H24N2O2/c1-14-5-8-18(9-6-14)12-21-20(24)13-22(17(4)23)19-10-7-15(2)11-16(19)3/h5-11H,12-13H2,1-4H3,(H,21,24). The molecule has 0 heterocycles. The maximum atomic E-state index is 12.2. The molecule has 2 rings (SSSR count). The van der Waals surface area contributed by atoms with Crippen molar-refractivity contribution in [3.63, 3.8) is 0 Å². The van der Waals surface area contributed by atoms with E-state index in [1.807, 2.05) is 63.2 Å². The van der Waals surface area contributed by atoms with E-state index in [9.17, 15) is 9.59 Å². The number of nitrogens with one attached hydrogen (secondary N) is 1. The zero-order valence-electron chi connectivity index (χ0n) is 14.7. The third-order valence-corrected chi connectivity index (χ3v) is 3.94. The lowest BCUT2D eigenvalue weighted by Crippen LogP contribution is -2.40. The van der Waals surface area contributed by atoms with Gasteiger partial charge in [-0.25, -0.2) is 0 Å². The molecule has 4 heteroatoms. The van der Waals surface area contributed by atoms with Crippen LogP contribution in [0.2, 0.25) is 0 Å². The van der Waals surface area contributed by atoms with Gasteiger partial charge in [0.2, 0.25) is 11.8 Å². The van der Waals surface area contributed by atoms with Crippen LogP contribution >= 0.6 is 0 Å². The zero-order valence-corrected chi connectivity index (χ0v) is 14.7. The van der Waals surface area contributed by atoms with Gasteiger partial charge in [0.25, 0.3) is 0 Å². The van der Waals surface area contributed by atoms with E-state index in [-0.39, 0.29) is 18.4 Å². The van der Waals surface area contributed by atoms with Crippen LogP contribution in [0.1, 0.15) is 29.2 Å². The van der Waals surface area contributed by atoms with Crippen molar-refractivity contribution in [1.82, 2.24) is 5.32 Å². The molecule has 1 N–H and O–H groups in total. The number of hydrogen-bond donors (Lipinski definition) is 1. The van der Waals surface area contributed by atoms with Crippen LogP contribution in [0, 0.1) is 20.8 Å². The van der Waals surface area contributed by atoms with E-state index < -0.39 is 0 Å². The molecule has 0 fully saturated rings. The van der Waals surface area contributed by atoms with Crippen LogP contribution in [0.4, 0.5) is 5.69 Å². The molecule has 2 aromatic carbocycles. The highest BCUT2D eigenvalue weighted by Crippen LogP contribution is 2.21. The lowest BCUT2D eigenvalue weighted by Gasteiger charge is -2.23. The van der Waals surface area contributed by atoms with E-state index in [1.165, 1.54) is 17.4 Å². The summed E-state index contributed by atoms with van der Waals surface area (Å²) in [4.78, 5) is 25.7. The molecule has 0 bridgehead atoms. The third kappa shape index (κ3) is 4.69. The Morgan fingerprint density at radius 2 is 1.58 bits per heavy atom. The topological polar surface area (TPSA) is 49.4 Å². The van der Waals surface area contributed by atoms with E-state index in [0.29, 0.717) is 6.54 Å². The fraction of sp³-hybridized carbons (Fsp3) is 0.300. The van der Waals surface area contributed by atoms with Crippen molar-refractivity contribution >= 4 is 17.5 Å². The van der Waals surface area contributed by atoms with Crippen LogP contribution < -0.4 is 10.2 Å². The highest BCUT2D eigenvalue weighted by Gasteiger charge is 2.17. The van der Waals surface area contributed by atoms with Crippen molar-refractivity contribution in [1.29, 1.82) is 0 Å². The van der Waals surface area contributed by atoms with Crippen LogP contribution in [0.25, 0.3) is 0 Å². The highest BCUT2D eigenvalue weighted by atomic mass is 16.2. The van der Waals surface area contributed by atoms with Crippen LogP contribution in [-0.2, 0) is 16.1 Å². The lowest BCUT2D eigenvalue weighted by atomic mass is 10.1. The minimum absolute atomic E-state index is 0.0189. The Kier molecular flexibility index (Phi) is 5.74. The molecule has 0 aliphatic carbocycles. The van der Waals surface area contributed by atoms with Gasteiger partial charge in [0.1, 0.15) is 6.54 Å². The normalized spacial score (nSPS) is 10.3. The van der Waals surface area contributed by atoms with Crippen molar-refractivity contribution in [2.24, 2.45) is 0 Å². The first-order chi connectivity index (χ1) is 11.4. The Bertz CT molecular complexity index is 736. The van der Waals surface area contributed by atoms with Gasteiger partial charge in [-0.15, -0.1) is 0 Å². The molecule has 0 saturated carbocycles. The number of amides is 2. The van der Waals surface area contributed by atoms with E-state index in [1.54, 1.807) is 0 Å². The lowest BCUT2D eigenvalue weighted by molar-refractivity contribution is -0.123. The summed E-state index contributed by atoms with van der Waals surface area (Å²) in [5.74, 6) is -0.321. The molecule has 0 saturated heterocycles. The quantitative estimate of drug-likeness (QED) is 0.917. The van der Waals surface area contributed by atoms with Gasteiger partial charge < -0.3 is 10.2 Å². The fourth-order valence-electron chi connectivity index (χ4n) is 2.58. The number of rotatable bonds is 5. The first-order valence-electron chi connectivity index (χ1n) is 8.04. The summed E-state index contributed by atoms with van der Waals surface area (Å²) < 4.78 is 0. The summed E-state index contributed by atoms with van der Waals surface area (Å²) in [5.41, 5.74) is 5.11. The average molecular weight is 324 g/mol. The first kappa shape index (κ1) is 17.7. The fourth-order valence-corrected chi connectivity index (χ4v) is 2.58. The predicted molar refractivity (Wildman–Crippen MR) is 97.0 cm³/mol. The summed E-state index contributed by atoms with van der Waals surface area (Å²) in [7, 11) is 0. The smallest absolute Gasteiger partial charge is 0.240 e. The van der Waals surface area contributed by atoms with Crippen molar-refractivity contribution in [2.45, 2.75) is 34.2 Å². The predicted octanol–water partition coefficient (Wildman–Crippen LogP) is 3.28. The van der Waals surface area contributed by atoms with Crippen molar-refractivity contribution in [3.05, 3.63) is 64.7 Å². The van der Waals surface area contributed by atoms with E-state index >= 15 is 0 Å². The van der Waals surface area contributed by atoms with E-state index in [0.717, 1.165) is 22.4 Å². The average Bonchev–Trinajstić information content (AvgIpc) is 2.52. The van der Waals surface area contributed by atoms with E-state index in [4.69, 9.17) is 0 Å². The summed E-state index contributed by atoms with van der Waals surface area (Å²) in [5, 5.41) is 2.87. The summed E-state index contributed by atoms with van der Waals surface area (Å²) in [6, 6.07) is 13.8. The molecule has 0 radical (unpaired) electrons. The number of hydrogen-bond acceptors (Lipinski definition) is 2. The molecule has 0 atom stereocenters. The maximum absolute atomic E-state index is 12.2. The highest BCUT2D eigenvalue weighted by molar-refractivity contribution is 5.98. The van der Waals surface area contributed by atoms with Crippen LogP contribution in [-0.4, -0.2) is 18.4 Å². The Morgan fingerprint density at radius 1 is 0.958 bits per heavy atom. The second-order valence-electron chi connectivity index (χ2n) is 6.16. The van der Waals surface area contributed by atoms with Gasteiger partial charge in [-0.1, -0.05) is 47.5 Å². The molecular formula is C20H24N2O2. The van der Waals surface area contributed by atoms with Crippen molar-refractivity contribution in [2.75, 3.05) is 11.4 Å². The number of carbonyl (C=O) groups is 2. The molecule has 0 aromatic heterocycles. The van der Waals surface area contributed by atoms with Crippen LogP contribution in [0.5, 0.6) is 0 Å². The SMILES string of the molecule is CC(=O)N(CC(=O)NCc1ccc(C)cc1)c1ccc(C)cc1C. The summed E-state index contributed by atoms with van der Waals surface area (Å²) >= 11 is 0. The van der Waals surface area contributed by atoms with Crippen LogP contribution in [0.3, 0.4) is 0 Å². The second-order valence-corrected chi connectivity index (χ2v) is 6.16. The number of benzene rings is 2. The monoisotopic (exact) mass is 324 g/mol. The van der Waals surface area contributed by atoms with Gasteiger partial charge in [-0.05, 0) is 38.0 Å². The maximum Gasteiger partial charge on any atom is 0.240 e. The Balaban J connectivity index is 2.03. The Morgan fingerprint density at radius 3 is 2.17 bits per heavy atom. The van der Waals surface area contributed by atoms with Crippen LogP contribution in [0.15, 0.2) is 42.5 Å². The molecule has 24 heavy (non-hydrogen) atoms. The molecule has 0 aliphatic heterocycles. The van der Waals surface area contributed by atoms with Gasteiger partial charge in [0, 0.05) is 19.2 Å². The molecule has 2 aromatic rings. The van der Waals surface area contributed by atoms with Gasteiger partial charge in [0.05, 0.1) is 0 Å². The van der Waals surface area contributed by atoms with Crippen molar-refractivity contribution in [3.8, 4) is 0 Å². The minimum Gasteiger partial charge on any atom is -0.350 e. The van der Waals surface area contributed by atoms with Gasteiger partial charge in [-0.3, -0.25) is 9.59 Å². The molecule has 2 amide bonds. The van der Waals surface area contributed by atoms with E-state index in [2.05, 4.69) is 5.32 Å². The largest absolute Gasteiger partial charge is 0.350 e. The minimum atomic E-state index is -0.175. The molecule has 126 valence electrons. The van der Waals surface area contributed by atoms with Gasteiger partial charge >= 0.3 is 0 Å². The number of anilines is 1. The molecule has 0 aliphatic rings. The molecule has 0 unspecified atom stereocenters.